The Morgan fingerprint density at radius 2 is 1.93 bits per heavy atom. The number of halogens is 2. The monoisotopic (exact) mass is 386 g/mol. The summed E-state index contributed by atoms with van der Waals surface area (Å²) in [5.74, 6) is -2.55. The molecule has 0 atom stereocenters. The molecule has 1 aromatic rings. The second kappa shape index (κ2) is 8.11. The molecule has 0 unspecified atom stereocenters. The summed E-state index contributed by atoms with van der Waals surface area (Å²) in [5, 5.41) is 27.0. The van der Waals surface area contributed by atoms with E-state index in [4.69, 9.17) is 0 Å². The average molecular weight is 386 g/mol. The summed E-state index contributed by atoms with van der Waals surface area (Å²) in [7, 11) is 3.92. The summed E-state index contributed by atoms with van der Waals surface area (Å²) >= 11 is 0. The molecule has 0 bridgehead atoms. The van der Waals surface area contributed by atoms with E-state index in [0.29, 0.717) is 25.1 Å². The standard InChI is InChI=1S/C19H32F2N4O2/c1-22-7-8-24(2)10-15-17(16-9-19(20,21)11-25(16)23-15)14-3-5-18(12-26,13-27)6-4-14/h14,22,26-27H,3-13H2,1-2H3. The lowest BCUT2D eigenvalue weighted by atomic mass is 9.69. The molecule has 1 fully saturated rings. The first-order valence-corrected chi connectivity index (χ1v) is 9.84. The molecule has 0 spiro atoms. The summed E-state index contributed by atoms with van der Waals surface area (Å²) in [6.07, 6.45) is 2.76. The van der Waals surface area contributed by atoms with Gasteiger partial charge in [0.05, 0.1) is 25.3 Å². The molecule has 3 N–H and O–H groups in total. The molecular weight excluding hydrogens is 354 g/mol. The average Bonchev–Trinajstić information content (AvgIpc) is 3.11. The van der Waals surface area contributed by atoms with E-state index in [1.54, 1.807) is 0 Å². The third kappa shape index (κ3) is 4.34. The zero-order valence-electron chi connectivity index (χ0n) is 16.3. The van der Waals surface area contributed by atoms with Crippen molar-refractivity contribution in [3.05, 3.63) is 17.0 Å². The van der Waals surface area contributed by atoms with Gasteiger partial charge in [-0.05, 0) is 45.7 Å². The SMILES string of the molecule is CNCCN(C)Cc1nn2c(c1C1CCC(CO)(CO)CC1)CC(F)(F)C2. The molecule has 1 aliphatic heterocycles. The number of hydrogen-bond acceptors (Lipinski definition) is 5. The number of nitrogens with one attached hydrogen (secondary N) is 1. The minimum Gasteiger partial charge on any atom is -0.396 e. The zero-order chi connectivity index (χ0) is 19.7. The van der Waals surface area contributed by atoms with E-state index in [-0.39, 0.29) is 32.1 Å². The number of aliphatic hydroxyl groups is 2. The Bertz CT molecular complexity index is 636. The predicted molar refractivity (Wildman–Crippen MR) is 99.0 cm³/mol. The number of hydrogen-bond donors (Lipinski definition) is 3. The van der Waals surface area contributed by atoms with E-state index in [1.165, 1.54) is 4.68 Å². The molecule has 2 heterocycles. The highest BCUT2D eigenvalue weighted by atomic mass is 19.3. The Balaban J connectivity index is 1.82. The molecule has 0 radical (unpaired) electrons. The largest absolute Gasteiger partial charge is 0.396 e. The van der Waals surface area contributed by atoms with Gasteiger partial charge >= 0.3 is 0 Å². The molecule has 27 heavy (non-hydrogen) atoms. The number of alkyl halides is 2. The van der Waals surface area contributed by atoms with Crippen LogP contribution in [-0.2, 0) is 19.5 Å². The lowest BCUT2D eigenvalue weighted by Crippen LogP contribution is -2.34. The Morgan fingerprint density at radius 1 is 1.26 bits per heavy atom. The highest BCUT2D eigenvalue weighted by molar-refractivity contribution is 5.34. The Morgan fingerprint density at radius 3 is 2.52 bits per heavy atom. The zero-order valence-corrected chi connectivity index (χ0v) is 16.3. The van der Waals surface area contributed by atoms with E-state index >= 15 is 0 Å². The second-order valence-corrected chi connectivity index (χ2v) is 8.43. The van der Waals surface area contributed by atoms with E-state index < -0.39 is 11.3 Å². The first-order valence-electron chi connectivity index (χ1n) is 9.84. The van der Waals surface area contributed by atoms with Gasteiger partial charge in [0.15, 0.2) is 0 Å². The van der Waals surface area contributed by atoms with Crippen molar-refractivity contribution in [2.75, 3.05) is 40.4 Å². The molecule has 0 aromatic carbocycles. The number of likely N-dealkylation sites (N-methyl/N-ethyl adjacent to an activating group) is 2. The van der Waals surface area contributed by atoms with E-state index in [9.17, 15) is 19.0 Å². The van der Waals surface area contributed by atoms with Gasteiger partial charge in [0.1, 0.15) is 6.54 Å². The fourth-order valence-electron chi connectivity index (χ4n) is 4.51. The number of aromatic nitrogens is 2. The number of aliphatic hydroxyl groups excluding tert-OH is 2. The van der Waals surface area contributed by atoms with Crippen molar-refractivity contribution in [1.82, 2.24) is 20.0 Å². The van der Waals surface area contributed by atoms with Crippen LogP contribution in [0.25, 0.3) is 0 Å². The van der Waals surface area contributed by atoms with Crippen LogP contribution in [0.1, 0.15) is 48.6 Å². The Hall–Kier alpha value is -1.09. The first-order chi connectivity index (χ1) is 12.8. The van der Waals surface area contributed by atoms with Crippen molar-refractivity contribution < 1.29 is 19.0 Å². The van der Waals surface area contributed by atoms with Gasteiger partial charge in [0, 0.05) is 36.3 Å². The van der Waals surface area contributed by atoms with Crippen LogP contribution in [0.4, 0.5) is 8.78 Å². The normalized spacial score (nSPS) is 21.7. The van der Waals surface area contributed by atoms with Gasteiger partial charge in [-0.1, -0.05) is 0 Å². The maximum absolute atomic E-state index is 14.0. The second-order valence-electron chi connectivity index (χ2n) is 8.43. The molecule has 8 heteroatoms. The lowest BCUT2D eigenvalue weighted by Gasteiger charge is -2.38. The van der Waals surface area contributed by atoms with Crippen LogP contribution in [0, 0.1) is 5.41 Å². The van der Waals surface area contributed by atoms with Crippen molar-refractivity contribution in [2.24, 2.45) is 5.41 Å². The van der Waals surface area contributed by atoms with Gasteiger partial charge in [-0.25, -0.2) is 8.78 Å². The highest BCUT2D eigenvalue weighted by Gasteiger charge is 2.44. The van der Waals surface area contributed by atoms with Crippen LogP contribution in [0.15, 0.2) is 0 Å². The van der Waals surface area contributed by atoms with Crippen molar-refractivity contribution in [2.45, 2.75) is 57.0 Å². The van der Waals surface area contributed by atoms with Gasteiger partial charge in [0.2, 0.25) is 0 Å². The molecule has 1 saturated carbocycles. The van der Waals surface area contributed by atoms with Crippen LogP contribution in [0.2, 0.25) is 0 Å². The molecule has 0 saturated heterocycles. The van der Waals surface area contributed by atoms with Crippen LogP contribution >= 0.6 is 0 Å². The quantitative estimate of drug-likeness (QED) is 0.629. The van der Waals surface area contributed by atoms with E-state index in [0.717, 1.165) is 37.2 Å². The third-order valence-corrected chi connectivity index (χ3v) is 6.27. The smallest absolute Gasteiger partial charge is 0.272 e. The van der Waals surface area contributed by atoms with Gasteiger partial charge < -0.3 is 15.5 Å². The Kier molecular flexibility index (Phi) is 6.20. The third-order valence-electron chi connectivity index (χ3n) is 6.27. The van der Waals surface area contributed by atoms with E-state index in [1.807, 2.05) is 14.1 Å². The number of nitrogens with zero attached hydrogens (tertiary/aromatic N) is 3. The molecule has 1 aliphatic carbocycles. The summed E-state index contributed by atoms with van der Waals surface area (Å²) in [5.41, 5.74) is 2.15. The van der Waals surface area contributed by atoms with Gasteiger partial charge in [0.25, 0.3) is 5.92 Å². The first kappa shape index (κ1) is 20.6. The van der Waals surface area contributed by atoms with Crippen molar-refractivity contribution >= 4 is 0 Å². The minimum atomic E-state index is -2.72. The minimum absolute atomic E-state index is 0.0278. The van der Waals surface area contributed by atoms with E-state index in [2.05, 4.69) is 15.3 Å². The topological polar surface area (TPSA) is 73.6 Å². The molecule has 1 aromatic heterocycles. The molecular formula is C19H32F2N4O2. The van der Waals surface area contributed by atoms with Gasteiger partial charge in [-0.15, -0.1) is 0 Å². The molecule has 0 amide bonds. The van der Waals surface area contributed by atoms with Crippen LogP contribution in [0.5, 0.6) is 0 Å². The summed E-state index contributed by atoms with van der Waals surface area (Å²) in [6.45, 7) is 1.97. The summed E-state index contributed by atoms with van der Waals surface area (Å²) < 4.78 is 29.4. The van der Waals surface area contributed by atoms with Gasteiger partial charge in [-0.2, -0.15) is 5.10 Å². The molecule has 2 aliphatic rings. The predicted octanol–water partition coefficient (Wildman–Crippen LogP) is 1.35. The van der Waals surface area contributed by atoms with Crippen molar-refractivity contribution in [3.8, 4) is 0 Å². The molecule has 6 nitrogen and oxygen atoms in total. The highest BCUT2D eigenvalue weighted by Crippen LogP contribution is 2.46. The maximum Gasteiger partial charge on any atom is 0.272 e. The fourth-order valence-corrected chi connectivity index (χ4v) is 4.51. The van der Waals surface area contributed by atoms with Gasteiger partial charge in [-0.3, -0.25) is 9.58 Å². The summed E-state index contributed by atoms with van der Waals surface area (Å²) in [6, 6.07) is 0. The Labute approximate surface area is 159 Å². The number of fused-ring (bicyclic) bond motifs is 1. The summed E-state index contributed by atoms with van der Waals surface area (Å²) in [4.78, 5) is 2.16. The van der Waals surface area contributed by atoms with Crippen LogP contribution in [0.3, 0.4) is 0 Å². The number of rotatable bonds is 8. The fraction of sp³-hybridized carbons (Fsp3) is 0.842. The van der Waals surface area contributed by atoms with Crippen LogP contribution in [-0.4, -0.2) is 71.2 Å². The van der Waals surface area contributed by atoms with Crippen molar-refractivity contribution in [3.63, 3.8) is 0 Å². The maximum atomic E-state index is 14.0. The van der Waals surface area contributed by atoms with Crippen LogP contribution < -0.4 is 5.32 Å². The lowest BCUT2D eigenvalue weighted by molar-refractivity contribution is 0.000504. The van der Waals surface area contributed by atoms with Crippen molar-refractivity contribution in [1.29, 1.82) is 0 Å². The molecule has 3 rings (SSSR count). The molecule has 154 valence electrons.